The van der Waals surface area contributed by atoms with Crippen LogP contribution in [0, 0.1) is 22.0 Å². The molecule has 0 fully saturated rings. The van der Waals surface area contributed by atoms with Gasteiger partial charge in [-0.3, -0.25) is 14.9 Å². The monoisotopic (exact) mass is 456 g/mol. The van der Waals surface area contributed by atoms with Gasteiger partial charge in [0.2, 0.25) is 0 Å². The van der Waals surface area contributed by atoms with E-state index >= 15 is 0 Å². The smallest absolute Gasteiger partial charge is 0.338 e. The molecule has 4 atom stereocenters. The molecule has 0 unspecified atom stereocenters. The minimum atomic E-state index is -0.522. The van der Waals surface area contributed by atoms with Gasteiger partial charge in [0.25, 0.3) is 5.69 Å². The number of esters is 1. The van der Waals surface area contributed by atoms with Crippen LogP contribution in [0.15, 0.2) is 60.7 Å². The molecular formula is C27H24N2O5. The molecule has 0 saturated carbocycles. The van der Waals surface area contributed by atoms with Gasteiger partial charge in [-0.05, 0) is 60.1 Å². The molecule has 2 aliphatic heterocycles. The largest absolute Gasteiger partial charge is 0.454 e. The Morgan fingerprint density at radius 3 is 2.09 bits per heavy atom. The van der Waals surface area contributed by atoms with E-state index in [4.69, 9.17) is 4.74 Å². The summed E-state index contributed by atoms with van der Waals surface area (Å²) in [5.41, 5.74) is 4.31. The lowest BCUT2D eigenvalue weighted by atomic mass is 9.74. The van der Waals surface area contributed by atoms with Crippen molar-refractivity contribution >= 4 is 23.1 Å². The number of nitrogens with zero attached hydrogens (tertiary/aromatic N) is 2. The van der Waals surface area contributed by atoms with Crippen LogP contribution in [0.4, 0.5) is 11.4 Å². The summed E-state index contributed by atoms with van der Waals surface area (Å²) >= 11 is 0. The number of carbonyl (C=O) groups is 2. The maximum absolute atomic E-state index is 13.0. The van der Waals surface area contributed by atoms with Gasteiger partial charge in [-0.15, -0.1) is 0 Å². The van der Waals surface area contributed by atoms with Crippen LogP contribution in [-0.2, 0) is 4.74 Å². The van der Waals surface area contributed by atoms with E-state index < -0.39 is 23.3 Å². The number of ketones is 1. The van der Waals surface area contributed by atoms with Crippen LogP contribution in [0.25, 0.3) is 0 Å². The van der Waals surface area contributed by atoms with E-state index in [1.807, 2.05) is 12.1 Å². The van der Waals surface area contributed by atoms with Crippen LogP contribution in [0.2, 0.25) is 0 Å². The lowest BCUT2D eigenvalue weighted by Crippen LogP contribution is -2.43. The number of non-ortho nitro benzene ring substituents is 1. The Kier molecular flexibility index (Phi) is 4.86. The first kappa shape index (κ1) is 20.8. The number of fused-ring (bicyclic) bond motifs is 4. The summed E-state index contributed by atoms with van der Waals surface area (Å²) in [5.74, 6) is 0.755. The average Bonchev–Trinajstić information content (AvgIpc) is 3.52. The highest BCUT2D eigenvalue weighted by atomic mass is 16.6. The highest BCUT2D eigenvalue weighted by Gasteiger charge is 2.42. The Morgan fingerprint density at radius 2 is 1.53 bits per heavy atom. The number of hydrogen-bond acceptors (Lipinski definition) is 6. The number of rotatable bonds is 5. The number of hydrogen-bond donors (Lipinski definition) is 0. The second kappa shape index (κ2) is 7.94. The minimum Gasteiger partial charge on any atom is -0.454 e. The van der Waals surface area contributed by atoms with Gasteiger partial charge in [0, 0.05) is 48.3 Å². The van der Waals surface area contributed by atoms with Gasteiger partial charge in [0.1, 0.15) is 0 Å². The van der Waals surface area contributed by atoms with E-state index in [1.54, 1.807) is 0 Å². The van der Waals surface area contributed by atoms with Gasteiger partial charge < -0.3 is 9.64 Å². The zero-order valence-electron chi connectivity index (χ0n) is 18.6. The first-order valence-corrected chi connectivity index (χ1v) is 11.7. The predicted molar refractivity (Wildman–Crippen MR) is 126 cm³/mol. The highest BCUT2D eigenvalue weighted by Crippen LogP contribution is 2.53. The maximum Gasteiger partial charge on any atom is 0.338 e. The van der Waals surface area contributed by atoms with Crippen molar-refractivity contribution < 1.29 is 19.2 Å². The van der Waals surface area contributed by atoms with E-state index in [2.05, 4.69) is 29.2 Å². The molecular weight excluding hydrogens is 432 g/mol. The van der Waals surface area contributed by atoms with Gasteiger partial charge in [-0.2, -0.15) is 0 Å². The third kappa shape index (κ3) is 3.34. The first-order valence-electron chi connectivity index (χ1n) is 11.7. The molecule has 4 aliphatic rings. The molecule has 7 heteroatoms. The molecule has 0 radical (unpaired) electrons. The third-order valence-corrected chi connectivity index (χ3v) is 7.66. The molecule has 6 rings (SSSR count). The first-order chi connectivity index (χ1) is 16.5. The van der Waals surface area contributed by atoms with Crippen molar-refractivity contribution in [3.63, 3.8) is 0 Å². The van der Waals surface area contributed by atoms with Crippen molar-refractivity contribution in [2.24, 2.45) is 11.8 Å². The lowest BCUT2D eigenvalue weighted by Gasteiger charge is -2.46. The molecule has 0 spiro atoms. The van der Waals surface area contributed by atoms with Crippen LogP contribution in [0.1, 0.15) is 56.5 Å². The zero-order valence-corrected chi connectivity index (χ0v) is 18.6. The Balaban J connectivity index is 1.27. The number of ether oxygens (including phenoxy) is 1. The Hall–Kier alpha value is -3.74. The van der Waals surface area contributed by atoms with Gasteiger partial charge >= 0.3 is 5.97 Å². The van der Waals surface area contributed by atoms with Gasteiger partial charge in [-0.1, -0.05) is 24.3 Å². The van der Waals surface area contributed by atoms with Crippen LogP contribution in [0.5, 0.6) is 0 Å². The minimum absolute atomic E-state index is 0.0934. The summed E-state index contributed by atoms with van der Waals surface area (Å²) in [6.45, 7) is 1.69. The Bertz CT molecular complexity index is 1210. The van der Waals surface area contributed by atoms with E-state index in [-0.39, 0.29) is 11.3 Å². The number of benzene rings is 2. The summed E-state index contributed by atoms with van der Waals surface area (Å²) in [4.78, 5) is 38.3. The van der Waals surface area contributed by atoms with E-state index in [0.717, 1.165) is 25.9 Å². The van der Waals surface area contributed by atoms with Gasteiger partial charge in [-0.25, -0.2) is 4.79 Å². The number of carbonyl (C=O) groups excluding carboxylic acids is 2. The molecule has 2 heterocycles. The Labute approximate surface area is 196 Å². The van der Waals surface area contributed by atoms with Crippen molar-refractivity contribution in [1.82, 2.24) is 0 Å². The topological polar surface area (TPSA) is 89.8 Å². The second-order valence-corrected chi connectivity index (χ2v) is 9.61. The fourth-order valence-electron chi connectivity index (χ4n) is 6.06. The number of allylic oxidation sites excluding steroid dienone is 4. The third-order valence-electron chi connectivity index (χ3n) is 7.66. The van der Waals surface area contributed by atoms with E-state index in [9.17, 15) is 19.7 Å². The molecule has 2 aliphatic carbocycles. The molecule has 2 aromatic rings. The number of anilines is 1. The fourth-order valence-corrected chi connectivity index (χ4v) is 6.06. The standard InChI is InChI=1S/C27H24N2O5/c30-25(16-7-9-20(10-8-16)29(32)33)15-34-27(31)19-11-23-21-5-1-3-17(21)13-28-14-18-4-2-6-22(18)24(12-19)26(23)28/h1-2,5-12,17-18,21-22H,3-4,13-15H2/t17-,18+,21-,22-/m1/s1. The van der Waals surface area contributed by atoms with Gasteiger partial charge in [0.05, 0.1) is 10.5 Å². The number of Topliss-reactive ketones (excluding diaryl/α,β-unsaturated/α-hetero) is 1. The van der Waals surface area contributed by atoms with Crippen molar-refractivity contribution in [2.75, 3.05) is 24.6 Å². The zero-order chi connectivity index (χ0) is 23.4. The maximum atomic E-state index is 13.0. The molecule has 0 amide bonds. The van der Waals surface area contributed by atoms with Gasteiger partial charge in [0.15, 0.2) is 12.4 Å². The van der Waals surface area contributed by atoms with Crippen LogP contribution >= 0.6 is 0 Å². The van der Waals surface area contributed by atoms with Crippen LogP contribution in [-0.4, -0.2) is 36.4 Å². The van der Waals surface area contributed by atoms with Crippen LogP contribution < -0.4 is 4.90 Å². The van der Waals surface area contributed by atoms with Crippen molar-refractivity contribution in [3.8, 4) is 0 Å². The SMILES string of the molecule is O=C(COC(=O)c1cc2c3c(c1)[C@@H]1C=CC[C@H]1CN3C[C@H]1CC=C[C@@H]21)c1ccc([N+](=O)[O-])cc1. The summed E-state index contributed by atoms with van der Waals surface area (Å²) in [7, 11) is 0. The van der Waals surface area contributed by atoms with Crippen molar-refractivity contribution in [2.45, 2.75) is 24.7 Å². The predicted octanol–water partition coefficient (Wildman–Crippen LogP) is 4.79. The summed E-state index contributed by atoms with van der Waals surface area (Å²) in [5, 5.41) is 10.8. The molecule has 0 bridgehead atoms. The number of nitro benzene ring substituents is 1. The second-order valence-electron chi connectivity index (χ2n) is 9.61. The number of nitro groups is 1. The molecule has 2 aromatic carbocycles. The summed E-state index contributed by atoms with van der Waals surface area (Å²) in [6, 6.07) is 9.21. The lowest BCUT2D eigenvalue weighted by molar-refractivity contribution is -0.384. The molecule has 0 aromatic heterocycles. The average molecular weight is 456 g/mol. The van der Waals surface area contributed by atoms with Crippen LogP contribution in [0.3, 0.4) is 0 Å². The summed E-state index contributed by atoms with van der Waals surface area (Å²) < 4.78 is 5.41. The van der Waals surface area contributed by atoms with E-state index in [0.29, 0.717) is 29.2 Å². The summed E-state index contributed by atoms with van der Waals surface area (Å²) in [6.07, 6.45) is 11.1. The fraction of sp³-hybridized carbons (Fsp3) is 0.333. The van der Waals surface area contributed by atoms with Crippen molar-refractivity contribution in [3.05, 3.63) is 93.1 Å². The normalized spacial score (nSPS) is 25.5. The van der Waals surface area contributed by atoms with E-state index in [1.165, 1.54) is 41.1 Å². The molecule has 7 nitrogen and oxygen atoms in total. The van der Waals surface area contributed by atoms with Crippen molar-refractivity contribution in [1.29, 1.82) is 0 Å². The molecule has 172 valence electrons. The molecule has 34 heavy (non-hydrogen) atoms. The molecule has 0 saturated heterocycles. The highest BCUT2D eigenvalue weighted by molar-refractivity contribution is 5.99. The Morgan fingerprint density at radius 1 is 0.941 bits per heavy atom. The molecule has 0 N–H and O–H groups in total. The quantitative estimate of drug-likeness (QED) is 0.211.